The summed E-state index contributed by atoms with van der Waals surface area (Å²) in [5.74, 6) is -16.0. The lowest BCUT2D eigenvalue weighted by Crippen LogP contribution is -2.61. The van der Waals surface area contributed by atoms with Crippen molar-refractivity contribution in [3.05, 3.63) is 35.9 Å². The largest absolute Gasteiger partial charge is 0.481 e. The van der Waals surface area contributed by atoms with Crippen LogP contribution in [0.25, 0.3) is 0 Å². The predicted octanol–water partition coefficient (Wildman–Crippen LogP) is -6.25. The second-order valence-corrected chi connectivity index (χ2v) is 17.3. The molecule has 0 saturated heterocycles. The van der Waals surface area contributed by atoms with Crippen LogP contribution in [0, 0.1) is 5.92 Å². The van der Waals surface area contributed by atoms with E-state index in [-0.39, 0.29) is 25.1 Å². The lowest BCUT2D eigenvalue weighted by atomic mass is 10.0. The summed E-state index contributed by atoms with van der Waals surface area (Å²) in [7, 11) is 0. The SMILES string of the molecule is CC(C)[C@H](NC(=O)[C@H](CC(=O)O)NC(=O)[C@H](CC(N)=O)NC(=O)[C@H](CC(N)=O)NC(=O)[C@H](Cc1ccccc1)NC(=O)[C@H](CCC(N)=O)NC(=O)[C@H](CCCCN)NC(=O)[C@H](CS)NC(=O)[C@H](C)N)C(=O)O. The number of unbranched alkanes of at least 4 members (excludes halogenated alkanes) is 1. The first-order valence-corrected chi connectivity index (χ1v) is 23.2. The van der Waals surface area contributed by atoms with Gasteiger partial charge in [-0.2, -0.15) is 12.6 Å². The number of nitrogens with two attached hydrogens (primary N) is 5. The number of carboxylic acid groups (broad SMARTS) is 2. The van der Waals surface area contributed by atoms with Crippen molar-refractivity contribution in [1.29, 1.82) is 0 Å². The zero-order valence-electron chi connectivity index (χ0n) is 40.0. The van der Waals surface area contributed by atoms with Crippen LogP contribution in [0.2, 0.25) is 0 Å². The highest BCUT2D eigenvalue weighted by molar-refractivity contribution is 7.80. The maximum atomic E-state index is 14.2. The van der Waals surface area contributed by atoms with E-state index in [2.05, 4.69) is 49.8 Å². The van der Waals surface area contributed by atoms with Crippen LogP contribution in [0.4, 0.5) is 0 Å². The molecule has 11 amide bonds. The number of hydrogen-bond donors (Lipinski definition) is 16. The van der Waals surface area contributed by atoms with E-state index in [9.17, 15) is 72.5 Å². The highest BCUT2D eigenvalue weighted by Crippen LogP contribution is 2.10. The lowest BCUT2D eigenvalue weighted by molar-refractivity contribution is -0.144. The van der Waals surface area contributed by atoms with Gasteiger partial charge in [0, 0.05) is 18.6 Å². The van der Waals surface area contributed by atoms with Gasteiger partial charge in [0.1, 0.15) is 48.3 Å². The van der Waals surface area contributed by atoms with Crippen LogP contribution in [0.15, 0.2) is 30.3 Å². The summed E-state index contributed by atoms with van der Waals surface area (Å²) in [5, 5.41) is 37.3. The van der Waals surface area contributed by atoms with Crippen molar-refractivity contribution in [2.24, 2.45) is 34.6 Å². The molecule has 0 aliphatic rings. The van der Waals surface area contributed by atoms with Gasteiger partial charge in [0.05, 0.1) is 25.3 Å². The molecule has 0 saturated carbocycles. The lowest BCUT2D eigenvalue weighted by Gasteiger charge is -2.28. The third-order valence-electron chi connectivity index (χ3n) is 10.4. The molecule has 400 valence electrons. The van der Waals surface area contributed by atoms with Gasteiger partial charge in [-0.1, -0.05) is 44.2 Å². The molecule has 0 heterocycles. The molecule has 20 N–H and O–H groups in total. The van der Waals surface area contributed by atoms with Gasteiger partial charge < -0.3 is 81.4 Å². The van der Waals surface area contributed by atoms with Gasteiger partial charge in [0.2, 0.25) is 65.0 Å². The molecule has 0 radical (unpaired) electrons. The van der Waals surface area contributed by atoms with Crippen LogP contribution < -0.4 is 71.2 Å². The molecule has 9 atom stereocenters. The third-order valence-corrected chi connectivity index (χ3v) is 10.7. The summed E-state index contributed by atoms with van der Waals surface area (Å²) in [5.41, 5.74) is 27.8. The second-order valence-electron chi connectivity index (χ2n) is 16.9. The fraction of sp³-hybridized carbons (Fsp3) is 0.558. The Kier molecular flexibility index (Phi) is 27.6. The van der Waals surface area contributed by atoms with Crippen molar-refractivity contribution in [2.45, 2.75) is 133 Å². The van der Waals surface area contributed by atoms with E-state index in [1.165, 1.54) is 20.8 Å². The second kappa shape index (κ2) is 31.7. The van der Waals surface area contributed by atoms with E-state index in [1.807, 2.05) is 5.32 Å². The molecule has 29 heteroatoms. The molecule has 1 rings (SSSR count). The average Bonchev–Trinajstić information content (AvgIpc) is 3.29. The third kappa shape index (κ3) is 23.5. The van der Waals surface area contributed by atoms with E-state index >= 15 is 0 Å². The van der Waals surface area contributed by atoms with Crippen molar-refractivity contribution in [2.75, 3.05) is 12.3 Å². The molecule has 0 spiro atoms. The molecule has 1 aromatic carbocycles. The molecule has 0 aromatic heterocycles. The fourth-order valence-corrected chi connectivity index (χ4v) is 6.74. The highest BCUT2D eigenvalue weighted by atomic mass is 32.1. The first-order valence-electron chi connectivity index (χ1n) is 22.5. The Hall–Kier alpha value is -7.40. The molecule has 0 aliphatic heterocycles. The minimum absolute atomic E-state index is 0.0203. The van der Waals surface area contributed by atoms with Crippen LogP contribution in [0.3, 0.4) is 0 Å². The molecule has 0 bridgehead atoms. The fourth-order valence-electron chi connectivity index (χ4n) is 6.48. The summed E-state index contributed by atoms with van der Waals surface area (Å²) in [6.07, 6.45) is -3.62. The van der Waals surface area contributed by atoms with E-state index in [0.29, 0.717) is 18.4 Å². The van der Waals surface area contributed by atoms with Gasteiger partial charge in [0.25, 0.3) is 0 Å². The first-order chi connectivity index (χ1) is 33.7. The molecule has 0 fully saturated rings. The number of carboxylic acids is 2. The standard InChI is InChI=1S/C43H67N13O15S/c1-20(2)34(43(70)71)56-41(68)28(18-33(60)61)54-40(67)27(17-32(48)59)53-39(66)26(16-31(47)58)52-38(65)25(15-22-9-5-4-6-10-22)51-37(64)24(12-13-30(46)57)50-36(63)23(11-7-8-14-44)49-42(69)29(19-72)55-35(62)21(3)45/h4-6,9-10,20-21,23-29,34,72H,7-8,11-19,44-45H2,1-3H3,(H2,46,57)(H2,47,58)(H2,48,59)(H,49,69)(H,50,63)(H,51,64)(H,52,65)(H,53,66)(H,54,67)(H,55,62)(H,56,68)(H,60,61)(H,70,71)/t21-,23-,24-,25-,26-,27-,28-,29-,34-/m0/s1. The van der Waals surface area contributed by atoms with Crippen molar-refractivity contribution in [1.82, 2.24) is 42.5 Å². The van der Waals surface area contributed by atoms with Gasteiger partial charge in [-0.05, 0) is 50.6 Å². The summed E-state index contributed by atoms with van der Waals surface area (Å²) in [6, 6.07) is -6.42. The number of nitrogens with one attached hydrogen (secondary N) is 8. The number of primary amides is 3. The number of carbonyl (C=O) groups is 13. The predicted molar refractivity (Wildman–Crippen MR) is 257 cm³/mol. The highest BCUT2D eigenvalue weighted by Gasteiger charge is 2.36. The summed E-state index contributed by atoms with van der Waals surface area (Å²) in [6.45, 7) is 4.48. The number of thiol groups is 1. The van der Waals surface area contributed by atoms with E-state index in [4.69, 9.17) is 28.7 Å². The van der Waals surface area contributed by atoms with E-state index in [0.717, 1.165) is 0 Å². The Morgan fingerprint density at radius 1 is 0.514 bits per heavy atom. The van der Waals surface area contributed by atoms with Crippen molar-refractivity contribution >= 4 is 89.5 Å². The number of rotatable bonds is 34. The Labute approximate surface area is 419 Å². The molecule has 28 nitrogen and oxygen atoms in total. The minimum atomic E-state index is -2.01. The quantitative estimate of drug-likeness (QED) is 0.0226. The topological polar surface area (TPSA) is 489 Å². The van der Waals surface area contributed by atoms with Crippen molar-refractivity contribution in [3.8, 4) is 0 Å². The smallest absolute Gasteiger partial charge is 0.326 e. The van der Waals surface area contributed by atoms with Crippen molar-refractivity contribution < 1.29 is 72.5 Å². The number of aliphatic carboxylic acids is 2. The van der Waals surface area contributed by atoms with Crippen LogP contribution in [-0.4, -0.2) is 154 Å². The Morgan fingerprint density at radius 3 is 1.33 bits per heavy atom. The normalized spacial score (nSPS) is 14.7. The molecular weight excluding hydrogens is 971 g/mol. The monoisotopic (exact) mass is 1040 g/mol. The Bertz CT molecular complexity index is 2110. The van der Waals surface area contributed by atoms with Gasteiger partial charge in [-0.15, -0.1) is 0 Å². The maximum Gasteiger partial charge on any atom is 0.326 e. The van der Waals surface area contributed by atoms with Crippen LogP contribution in [0.5, 0.6) is 0 Å². The van der Waals surface area contributed by atoms with Crippen molar-refractivity contribution in [3.63, 3.8) is 0 Å². The van der Waals surface area contributed by atoms with Crippen LogP contribution in [-0.2, 0) is 68.7 Å². The number of amides is 11. The Morgan fingerprint density at radius 2 is 0.917 bits per heavy atom. The summed E-state index contributed by atoms with van der Waals surface area (Å²) >= 11 is 4.11. The van der Waals surface area contributed by atoms with Gasteiger partial charge >= 0.3 is 11.9 Å². The number of carbonyl (C=O) groups excluding carboxylic acids is 11. The molecule has 0 aliphatic carbocycles. The van der Waals surface area contributed by atoms with Crippen LogP contribution in [0.1, 0.15) is 77.7 Å². The summed E-state index contributed by atoms with van der Waals surface area (Å²) in [4.78, 5) is 168. The first kappa shape index (κ1) is 62.6. The Balaban J connectivity index is 3.61. The maximum absolute atomic E-state index is 14.2. The summed E-state index contributed by atoms with van der Waals surface area (Å²) < 4.78 is 0. The van der Waals surface area contributed by atoms with Gasteiger partial charge in [0.15, 0.2) is 0 Å². The van der Waals surface area contributed by atoms with E-state index in [1.54, 1.807) is 30.3 Å². The molecular formula is C43H67N13O15S. The zero-order chi connectivity index (χ0) is 54.8. The number of benzene rings is 1. The van der Waals surface area contributed by atoms with E-state index < -0.39 is 169 Å². The average molecular weight is 1040 g/mol. The molecule has 0 unspecified atom stereocenters. The van der Waals surface area contributed by atoms with Crippen LogP contribution >= 0.6 is 12.6 Å². The molecule has 1 aromatic rings. The zero-order valence-corrected chi connectivity index (χ0v) is 40.9. The number of hydrogen-bond acceptors (Lipinski definition) is 16. The van der Waals surface area contributed by atoms with Gasteiger partial charge in [-0.25, -0.2) is 4.79 Å². The minimum Gasteiger partial charge on any atom is -0.481 e. The molecule has 72 heavy (non-hydrogen) atoms. The van der Waals surface area contributed by atoms with Gasteiger partial charge in [-0.3, -0.25) is 57.5 Å².